The van der Waals surface area contributed by atoms with Crippen molar-refractivity contribution in [3.8, 4) is 0 Å². The first-order valence-electron chi connectivity index (χ1n) is 6.17. The van der Waals surface area contributed by atoms with E-state index in [1.165, 1.54) is 25.9 Å². The lowest BCUT2D eigenvalue weighted by atomic mass is 9.85. The lowest BCUT2D eigenvalue weighted by molar-refractivity contribution is -0.0855. The molecule has 3 nitrogen and oxygen atoms in total. The highest BCUT2D eigenvalue weighted by Gasteiger charge is 2.40. The van der Waals surface area contributed by atoms with Crippen molar-refractivity contribution >= 4 is 0 Å². The van der Waals surface area contributed by atoms with E-state index in [0.717, 1.165) is 19.8 Å². The van der Waals surface area contributed by atoms with Gasteiger partial charge in [0.2, 0.25) is 0 Å². The van der Waals surface area contributed by atoms with Gasteiger partial charge in [0, 0.05) is 31.2 Å². The van der Waals surface area contributed by atoms with Crippen LogP contribution in [0.5, 0.6) is 0 Å². The fourth-order valence-electron chi connectivity index (χ4n) is 2.79. The number of likely N-dealkylation sites (N-methyl/N-ethyl adjacent to an activating group) is 1. The molecule has 2 fully saturated rings. The Balaban J connectivity index is 1.95. The van der Waals surface area contributed by atoms with Crippen molar-refractivity contribution in [1.29, 1.82) is 0 Å². The van der Waals surface area contributed by atoms with Gasteiger partial charge < -0.3 is 9.64 Å². The summed E-state index contributed by atoms with van der Waals surface area (Å²) in [6.07, 6.45) is 2.53. The van der Waals surface area contributed by atoms with E-state index in [1.807, 2.05) is 0 Å². The van der Waals surface area contributed by atoms with Crippen LogP contribution >= 0.6 is 0 Å². The maximum absolute atomic E-state index is 5.67. The average Bonchev–Trinajstić information content (AvgIpc) is 2.23. The highest BCUT2D eigenvalue weighted by atomic mass is 16.5. The zero-order chi connectivity index (χ0) is 10.9. The van der Waals surface area contributed by atoms with Gasteiger partial charge in [-0.05, 0) is 33.7 Å². The van der Waals surface area contributed by atoms with Crippen molar-refractivity contribution in [3.05, 3.63) is 0 Å². The van der Waals surface area contributed by atoms with Gasteiger partial charge in [-0.25, -0.2) is 0 Å². The molecule has 0 aliphatic carbocycles. The second-order valence-corrected chi connectivity index (χ2v) is 5.33. The zero-order valence-electron chi connectivity index (χ0n) is 10.3. The number of ether oxygens (including phenoxy) is 1. The average molecular weight is 212 g/mol. The molecular weight excluding hydrogens is 188 g/mol. The molecule has 0 unspecified atom stereocenters. The van der Waals surface area contributed by atoms with Crippen molar-refractivity contribution in [2.75, 3.05) is 39.9 Å². The van der Waals surface area contributed by atoms with Gasteiger partial charge in [-0.2, -0.15) is 0 Å². The molecule has 15 heavy (non-hydrogen) atoms. The molecule has 88 valence electrons. The summed E-state index contributed by atoms with van der Waals surface area (Å²) >= 11 is 0. The second kappa shape index (κ2) is 4.40. The second-order valence-electron chi connectivity index (χ2n) is 5.33. The quantitative estimate of drug-likeness (QED) is 0.649. The van der Waals surface area contributed by atoms with E-state index < -0.39 is 0 Å². The van der Waals surface area contributed by atoms with Gasteiger partial charge >= 0.3 is 0 Å². The van der Waals surface area contributed by atoms with Gasteiger partial charge in [-0.15, -0.1) is 0 Å². The van der Waals surface area contributed by atoms with Gasteiger partial charge in [0.15, 0.2) is 0 Å². The molecule has 0 atom stereocenters. The molecule has 0 bridgehead atoms. The van der Waals surface area contributed by atoms with Crippen LogP contribution in [0.3, 0.4) is 0 Å². The number of likely N-dealkylation sites (tertiary alicyclic amines) is 1. The van der Waals surface area contributed by atoms with Crippen LogP contribution in [0.25, 0.3) is 0 Å². The number of hydrogen-bond acceptors (Lipinski definition) is 3. The molecule has 1 spiro atoms. The highest BCUT2D eigenvalue weighted by Crippen LogP contribution is 2.31. The normalized spacial score (nSPS) is 28.8. The van der Waals surface area contributed by atoms with Crippen molar-refractivity contribution < 1.29 is 4.74 Å². The van der Waals surface area contributed by atoms with Crippen molar-refractivity contribution in [1.82, 2.24) is 9.80 Å². The molecule has 0 aromatic carbocycles. The molecule has 0 aromatic heterocycles. The van der Waals surface area contributed by atoms with Crippen LogP contribution in [0.4, 0.5) is 0 Å². The molecule has 2 heterocycles. The number of nitrogens with zero attached hydrogens (tertiary/aromatic N) is 2. The molecule has 2 aliphatic rings. The van der Waals surface area contributed by atoms with Crippen LogP contribution in [-0.2, 0) is 4.74 Å². The Morgan fingerprint density at radius 1 is 1.13 bits per heavy atom. The third-order valence-corrected chi connectivity index (χ3v) is 4.21. The minimum absolute atomic E-state index is 0.351. The molecular formula is C12H24N2O. The molecule has 3 heteroatoms. The molecule has 0 radical (unpaired) electrons. The van der Waals surface area contributed by atoms with Crippen molar-refractivity contribution in [3.63, 3.8) is 0 Å². The van der Waals surface area contributed by atoms with Crippen LogP contribution in [0.15, 0.2) is 0 Å². The van der Waals surface area contributed by atoms with E-state index in [1.54, 1.807) is 0 Å². The Labute approximate surface area is 93.4 Å². The monoisotopic (exact) mass is 212 g/mol. The maximum atomic E-state index is 5.67. The van der Waals surface area contributed by atoms with E-state index in [-0.39, 0.29) is 0 Å². The highest BCUT2D eigenvalue weighted by molar-refractivity contribution is 4.96. The molecule has 0 aromatic rings. The zero-order valence-corrected chi connectivity index (χ0v) is 10.3. The molecule has 0 N–H and O–H groups in total. The van der Waals surface area contributed by atoms with Crippen LogP contribution in [0.1, 0.15) is 26.7 Å². The number of morpholine rings is 1. The van der Waals surface area contributed by atoms with E-state index in [2.05, 4.69) is 30.7 Å². The summed E-state index contributed by atoms with van der Waals surface area (Å²) < 4.78 is 5.67. The summed E-state index contributed by atoms with van der Waals surface area (Å²) in [5, 5.41) is 0. The van der Waals surface area contributed by atoms with Gasteiger partial charge in [0.25, 0.3) is 0 Å². The Morgan fingerprint density at radius 3 is 2.33 bits per heavy atom. The predicted octanol–water partition coefficient (Wildman–Crippen LogP) is 1.19. The first-order chi connectivity index (χ1) is 7.14. The van der Waals surface area contributed by atoms with Crippen LogP contribution in [0, 0.1) is 0 Å². The SMILES string of the molecule is CC(C)N1CCC2(CC1)COCCN2C. The third-order valence-electron chi connectivity index (χ3n) is 4.21. The standard InChI is InChI=1S/C12H24N2O/c1-11(2)14-6-4-12(5-7-14)10-15-9-8-13(12)3/h11H,4-10H2,1-3H3. The van der Waals surface area contributed by atoms with Gasteiger partial charge in [0.05, 0.1) is 13.2 Å². The molecule has 2 aliphatic heterocycles. The smallest absolute Gasteiger partial charge is 0.0651 e. The fraction of sp³-hybridized carbons (Fsp3) is 1.00. The van der Waals surface area contributed by atoms with E-state index in [9.17, 15) is 0 Å². The van der Waals surface area contributed by atoms with E-state index in [0.29, 0.717) is 11.6 Å². The summed E-state index contributed by atoms with van der Waals surface area (Å²) in [5.74, 6) is 0. The largest absolute Gasteiger partial charge is 0.378 e. The number of piperidine rings is 1. The van der Waals surface area contributed by atoms with Crippen LogP contribution < -0.4 is 0 Å². The molecule has 0 amide bonds. The third kappa shape index (κ3) is 2.19. The van der Waals surface area contributed by atoms with Gasteiger partial charge in [0.1, 0.15) is 0 Å². The summed E-state index contributed by atoms with van der Waals surface area (Å²) in [4.78, 5) is 5.10. The summed E-state index contributed by atoms with van der Waals surface area (Å²) in [7, 11) is 2.26. The lowest BCUT2D eigenvalue weighted by Crippen LogP contribution is -2.60. The van der Waals surface area contributed by atoms with Crippen LogP contribution in [0.2, 0.25) is 0 Å². The van der Waals surface area contributed by atoms with Gasteiger partial charge in [-0.3, -0.25) is 4.90 Å². The van der Waals surface area contributed by atoms with E-state index >= 15 is 0 Å². The fourth-order valence-corrected chi connectivity index (χ4v) is 2.79. The first-order valence-corrected chi connectivity index (χ1v) is 6.17. The number of rotatable bonds is 1. The Kier molecular flexibility index (Phi) is 3.33. The lowest BCUT2D eigenvalue weighted by Gasteiger charge is -2.50. The maximum Gasteiger partial charge on any atom is 0.0651 e. The summed E-state index contributed by atoms with van der Waals surface area (Å²) in [6, 6.07) is 0.692. The van der Waals surface area contributed by atoms with Gasteiger partial charge in [-0.1, -0.05) is 0 Å². The molecule has 0 saturated carbocycles. The Bertz CT molecular complexity index is 210. The first kappa shape index (κ1) is 11.4. The minimum Gasteiger partial charge on any atom is -0.378 e. The Hall–Kier alpha value is -0.120. The minimum atomic E-state index is 0.351. The Morgan fingerprint density at radius 2 is 1.80 bits per heavy atom. The van der Waals surface area contributed by atoms with Crippen molar-refractivity contribution in [2.45, 2.75) is 38.3 Å². The van der Waals surface area contributed by atoms with Crippen molar-refractivity contribution in [2.24, 2.45) is 0 Å². The summed E-state index contributed by atoms with van der Waals surface area (Å²) in [6.45, 7) is 9.98. The molecule has 2 saturated heterocycles. The summed E-state index contributed by atoms with van der Waals surface area (Å²) in [5.41, 5.74) is 0.351. The number of hydrogen-bond donors (Lipinski definition) is 0. The topological polar surface area (TPSA) is 15.7 Å². The predicted molar refractivity (Wildman–Crippen MR) is 62.1 cm³/mol. The van der Waals surface area contributed by atoms with E-state index in [4.69, 9.17) is 4.74 Å². The molecule has 2 rings (SSSR count). The van der Waals surface area contributed by atoms with Crippen LogP contribution in [-0.4, -0.2) is 61.3 Å².